The van der Waals surface area contributed by atoms with Crippen LogP contribution >= 0.6 is 0 Å². The summed E-state index contributed by atoms with van der Waals surface area (Å²) in [6, 6.07) is 13.2. The monoisotopic (exact) mass is 363 g/mol. The predicted molar refractivity (Wildman–Crippen MR) is 94.3 cm³/mol. The number of hydrogen-bond acceptors (Lipinski definition) is 5. The van der Waals surface area contributed by atoms with Gasteiger partial charge in [0, 0.05) is 20.5 Å². The number of ether oxygens (including phenoxy) is 2. The number of methoxy groups -OCH3 is 1. The molecular formula is C18H21NO5S. The number of benzene rings is 2. The molecule has 6 nitrogen and oxygen atoms in total. The molecule has 2 aromatic carbocycles. The summed E-state index contributed by atoms with van der Waals surface area (Å²) in [6.07, 6.45) is 0.586. The van der Waals surface area contributed by atoms with Gasteiger partial charge in [-0.05, 0) is 42.0 Å². The molecule has 0 radical (unpaired) electrons. The molecule has 0 saturated heterocycles. The molecule has 2 aromatic rings. The van der Waals surface area contributed by atoms with Crippen LogP contribution in [0.3, 0.4) is 0 Å². The maximum Gasteiger partial charge on any atom is 0.338 e. The molecule has 0 bridgehead atoms. The van der Waals surface area contributed by atoms with Crippen molar-refractivity contribution in [2.75, 3.05) is 27.8 Å². The van der Waals surface area contributed by atoms with Crippen molar-refractivity contribution < 1.29 is 22.7 Å². The lowest BCUT2D eigenvalue weighted by Crippen LogP contribution is -2.22. The second-order valence-electron chi connectivity index (χ2n) is 5.55. The third kappa shape index (κ3) is 4.80. The molecule has 0 heterocycles. The first-order valence-corrected chi connectivity index (χ1v) is 9.11. The Morgan fingerprint density at radius 1 is 1.00 bits per heavy atom. The van der Waals surface area contributed by atoms with Crippen LogP contribution in [0.25, 0.3) is 0 Å². The summed E-state index contributed by atoms with van der Waals surface area (Å²) in [5.74, 6) is 0.288. The van der Waals surface area contributed by atoms with Gasteiger partial charge in [-0.15, -0.1) is 0 Å². The lowest BCUT2D eigenvalue weighted by atomic mass is 10.1. The third-order valence-corrected chi connectivity index (χ3v) is 5.48. The molecule has 0 fully saturated rings. The molecule has 7 heteroatoms. The van der Waals surface area contributed by atoms with Gasteiger partial charge in [0.1, 0.15) is 5.75 Å². The molecule has 2 rings (SSSR count). The van der Waals surface area contributed by atoms with Crippen LogP contribution in [0.15, 0.2) is 53.4 Å². The van der Waals surface area contributed by atoms with Gasteiger partial charge in [0.15, 0.2) is 0 Å². The van der Waals surface area contributed by atoms with Crippen molar-refractivity contribution in [3.63, 3.8) is 0 Å². The molecule has 0 atom stereocenters. The van der Waals surface area contributed by atoms with Gasteiger partial charge in [-0.1, -0.05) is 12.1 Å². The van der Waals surface area contributed by atoms with Crippen LogP contribution in [0.2, 0.25) is 0 Å². The third-order valence-electron chi connectivity index (χ3n) is 3.65. The number of esters is 1. The highest BCUT2D eigenvalue weighted by atomic mass is 32.2. The molecule has 0 spiro atoms. The fraction of sp³-hybridized carbons (Fsp3) is 0.278. The van der Waals surface area contributed by atoms with E-state index in [0.717, 1.165) is 15.6 Å². The van der Waals surface area contributed by atoms with Crippen LogP contribution in [0.1, 0.15) is 15.9 Å². The van der Waals surface area contributed by atoms with E-state index in [-0.39, 0.29) is 11.5 Å². The molecule has 25 heavy (non-hydrogen) atoms. The van der Waals surface area contributed by atoms with Gasteiger partial charge >= 0.3 is 5.97 Å². The first-order valence-electron chi connectivity index (χ1n) is 7.67. The molecular weight excluding hydrogens is 342 g/mol. The van der Waals surface area contributed by atoms with Crippen LogP contribution in [0, 0.1) is 0 Å². The van der Waals surface area contributed by atoms with E-state index < -0.39 is 16.0 Å². The second-order valence-corrected chi connectivity index (χ2v) is 7.70. The van der Waals surface area contributed by atoms with Crippen LogP contribution in [-0.2, 0) is 21.2 Å². The first-order chi connectivity index (χ1) is 11.8. The number of carbonyl (C=O) groups is 1. The van der Waals surface area contributed by atoms with Crippen molar-refractivity contribution in [1.82, 2.24) is 4.31 Å². The topological polar surface area (TPSA) is 72.9 Å². The summed E-state index contributed by atoms with van der Waals surface area (Å²) < 4.78 is 35.4. The van der Waals surface area contributed by atoms with E-state index in [1.165, 1.54) is 38.4 Å². The van der Waals surface area contributed by atoms with Crippen LogP contribution < -0.4 is 4.74 Å². The highest BCUT2D eigenvalue weighted by molar-refractivity contribution is 7.89. The Hall–Kier alpha value is -2.38. The van der Waals surface area contributed by atoms with Crippen molar-refractivity contribution in [1.29, 1.82) is 0 Å². The lowest BCUT2D eigenvalue weighted by molar-refractivity contribution is 0.0509. The van der Waals surface area contributed by atoms with Gasteiger partial charge in [-0.25, -0.2) is 17.5 Å². The molecule has 134 valence electrons. The zero-order valence-electron chi connectivity index (χ0n) is 14.4. The lowest BCUT2D eigenvalue weighted by Gasteiger charge is -2.11. The van der Waals surface area contributed by atoms with Gasteiger partial charge < -0.3 is 9.47 Å². The summed E-state index contributed by atoms with van der Waals surface area (Å²) in [5, 5.41) is 0. The Balaban J connectivity index is 1.92. The standard InChI is InChI=1S/C18H21NO5S/c1-19(2)25(21,22)17-10-6-15(7-11-17)18(20)24-13-12-14-4-8-16(23-3)9-5-14/h4-11H,12-13H2,1-3H3. The highest BCUT2D eigenvalue weighted by Gasteiger charge is 2.17. The molecule has 0 aromatic heterocycles. The van der Waals surface area contributed by atoms with Crippen molar-refractivity contribution in [3.05, 3.63) is 59.7 Å². The predicted octanol–water partition coefficient (Wildman–Crippen LogP) is 2.35. The van der Waals surface area contributed by atoms with Crippen molar-refractivity contribution in [3.8, 4) is 5.75 Å². The van der Waals surface area contributed by atoms with E-state index in [4.69, 9.17) is 9.47 Å². The van der Waals surface area contributed by atoms with E-state index in [1.807, 2.05) is 24.3 Å². The summed E-state index contributed by atoms with van der Waals surface area (Å²) in [5.41, 5.74) is 1.34. The van der Waals surface area contributed by atoms with Crippen LogP contribution in [-0.4, -0.2) is 46.5 Å². The number of sulfonamides is 1. The Morgan fingerprint density at radius 2 is 1.60 bits per heavy atom. The molecule has 0 aliphatic rings. The van der Waals surface area contributed by atoms with Gasteiger partial charge in [0.05, 0.1) is 24.2 Å². The molecule has 0 aliphatic carbocycles. The summed E-state index contributed by atoms with van der Waals surface area (Å²) in [7, 11) is 1.01. The average molecular weight is 363 g/mol. The van der Waals surface area contributed by atoms with E-state index in [2.05, 4.69) is 0 Å². The number of hydrogen-bond donors (Lipinski definition) is 0. The number of carbonyl (C=O) groups excluding carboxylic acids is 1. The Morgan fingerprint density at radius 3 is 2.12 bits per heavy atom. The first kappa shape index (κ1) is 19.0. The Bertz CT molecular complexity index is 812. The summed E-state index contributed by atoms with van der Waals surface area (Å²) in [6.45, 7) is 0.239. The zero-order valence-corrected chi connectivity index (χ0v) is 15.2. The summed E-state index contributed by atoms with van der Waals surface area (Å²) in [4.78, 5) is 12.2. The average Bonchev–Trinajstić information content (AvgIpc) is 2.62. The van der Waals surface area contributed by atoms with Crippen LogP contribution in [0.4, 0.5) is 0 Å². The normalized spacial score (nSPS) is 11.4. The minimum absolute atomic E-state index is 0.132. The van der Waals surface area contributed by atoms with E-state index >= 15 is 0 Å². The van der Waals surface area contributed by atoms with Crippen molar-refractivity contribution in [2.24, 2.45) is 0 Å². The summed E-state index contributed by atoms with van der Waals surface area (Å²) >= 11 is 0. The van der Waals surface area contributed by atoms with Crippen molar-refractivity contribution >= 4 is 16.0 Å². The van der Waals surface area contributed by atoms with Gasteiger partial charge in [0.2, 0.25) is 10.0 Å². The molecule has 0 N–H and O–H groups in total. The highest BCUT2D eigenvalue weighted by Crippen LogP contribution is 2.15. The van der Waals surface area contributed by atoms with E-state index in [9.17, 15) is 13.2 Å². The van der Waals surface area contributed by atoms with E-state index in [1.54, 1.807) is 7.11 Å². The number of rotatable bonds is 7. The molecule has 0 saturated carbocycles. The Kier molecular flexibility index (Phi) is 6.17. The zero-order chi connectivity index (χ0) is 18.4. The second kappa shape index (κ2) is 8.13. The van der Waals surface area contributed by atoms with E-state index in [0.29, 0.717) is 12.0 Å². The Labute approximate surface area is 148 Å². The smallest absolute Gasteiger partial charge is 0.338 e. The molecule has 0 unspecified atom stereocenters. The SMILES string of the molecule is COc1ccc(CCOC(=O)c2ccc(S(=O)(=O)N(C)C)cc2)cc1. The fourth-order valence-electron chi connectivity index (χ4n) is 2.11. The molecule has 0 aliphatic heterocycles. The largest absolute Gasteiger partial charge is 0.497 e. The maximum absolute atomic E-state index is 12.0. The fourth-order valence-corrected chi connectivity index (χ4v) is 3.01. The van der Waals surface area contributed by atoms with Gasteiger partial charge in [-0.3, -0.25) is 0 Å². The quantitative estimate of drug-likeness (QED) is 0.706. The minimum Gasteiger partial charge on any atom is -0.497 e. The van der Waals surface area contributed by atoms with Gasteiger partial charge in [-0.2, -0.15) is 0 Å². The van der Waals surface area contributed by atoms with Crippen LogP contribution in [0.5, 0.6) is 5.75 Å². The van der Waals surface area contributed by atoms with Crippen molar-refractivity contribution in [2.45, 2.75) is 11.3 Å². The minimum atomic E-state index is -3.51. The number of nitrogens with zero attached hydrogens (tertiary/aromatic N) is 1. The molecule has 0 amide bonds. The van der Waals surface area contributed by atoms with Gasteiger partial charge in [0.25, 0.3) is 0 Å². The maximum atomic E-state index is 12.0.